The van der Waals surface area contributed by atoms with Crippen LogP contribution in [0.2, 0.25) is 0 Å². The van der Waals surface area contributed by atoms with E-state index in [4.69, 9.17) is 4.74 Å². The highest BCUT2D eigenvalue weighted by atomic mass is 19.1. The van der Waals surface area contributed by atoms with Gasteiger partial charge in [-0.2, -0.15) is 0 Å². The summed E-state index contributed by atoms with van der Waals surface area (Å²) in [6, 6.07) is 4.45. The Hall–Kier alpha value is -1.62. The summed E-state index contributed by atoms with van der Waals surface area (Å²) in [6.45, 7) is 3.41. The molecular weight excluding hydrogens is 237 g/mol. The number of benzene rings is 1. The molecule has 0 fully saturated rings. The van der Waals surface area contributed by atoms with Crippen molar-refractivity contribution in [3.8, 4) is 5.75 Å². The first-order valence-corrected chi connectivity index (χ1v) is 5.70. The standard InChI is InChI=1S/C13H18FNO3/c1-8(15-3)11-6-5-10(7-12(11)14)18-9(2)13(16)17-4/h5-9,15H,1-4H3. The Morgan fingerprint density at radius 3 is 2.56 bits per heavy atom. The van der Waals surface area contributed by atoms with Crippen LogP contribution < -0.4 is 10.1 Å². The molecule has 0 aromatic heterocycles. The monoisotopic (exact) mass is 255 g/mol. The second-order valence-corrected chi connectivity index (χ2v) is 3.98. The van der Waals surface area contributed by atoms with Gasteiger partial charge in [0.15, 0.2) is 6.10 Å². The third kappa shape index (κ3) is 3.43. The van der Waals surface area contributed by atoms with E-state index in [1.807, 2.05) is 6.92 Å². The van der Waals surface area contributed by atoms with E-state index in [1.54, 1.807) is 26.1 Å². The number of ether oxygens (including phenoxy) is 2. The number of esters is 1. The van der Waals surface area contributed by atoms with Gasteiger partial charge < -0.3 is 14.8 Å². The topological polar surface area (TPSA) is 47.6 Å². The minimum atomic E-state index is -0.762. The zero-order valence-corrected chi connectivity index (χ0v) is 11.0. The Labute approximate surface area is 106 Å². The molecule has 1 rings (SSSR count). The van der Waals surface area contributed by atoms with Gasteiger partial charge in [-0.25, -0.2) is 9.18 Å². The summed E-state index contributed by atoms with van der Waals surface area (Å²) < 4.78 is 23.6. The molecule has 5 heteroatoms. The maximum atomic E-state index is 13.8. The highest BCUT2D eigenvalue weighted by Gasteiger charge is 2.16. The van der Waals surface area contributed by atoms with Gasteiger partial charge in [-0.05, 0) is 27.0 Å². The summed E-state index contributed by atoms with van der Waals surface area (Å²) in [5.74, 6) is -0.563. The van der Waals surface area contributed by atoms with Crippen LogP contribution in [0.5, 0.6) is 5.75 Å². The lowest BCUT2D eigenvalue weighted by atomic mass is 10.1. The number of methoxy groups -OCH3 is 1. The second-order valence-electron chi connectivity index (χ2n) is 3.98. The van der Waals surface area contributed by atoms with E-state index in [0.29, 0.717) is 11.3 Å². The summed E-state index contributed by atoms with van der Waals surface area (Å²) in [6.07, 6.45) is -0.762. The lowest BCUT2D eigenvalue weighted by molar-refractivity contribution is -0.147. The van der Waals surface area contributed by atoms with E-state index in [2.05, 4.69) is 10.1 Å². The van der Waals surface area contributed by atoms with Gasteiger partial charge in [0.1, 0.15) is 11.6 Å². The van der Waals surface area contributed by atoms with Crippen LogP contribution in [0.1, 0.15) is 25.5 Å². The van der Waals surface area contributed by atoms with Gasteiger partial charge in [-0.15, -0.1) is 0 Å². The number of nitrogens with one attached hydrogen (secondary N) is 1. The number of hydrogen-bond acceptors (Lipinski definition) is 4. The highest BCUT2D eigenvalue weighted by molar-refractivity contribution is 5.74. The maximum Gasteiger partial charge on any atom is 0.346 e. The summed E-state index contributed by atoms with van der Waals surface area (Å²) in [5, 5.41) is 2.95. The molecule has 0 spiro atoms. The quantitative estimate of drug-likeness (QED) is 0.818. The van der Waals surface area contributed by atoms with Crippen LogP contribution in [0.4, 0.5) is 4.39 Å². The average Bonchev–Trinajstić information content (AvgIpc) is 2.37. The fourth-order valence-corrected chi connectivity index (χ4v) is 1.51. The van der Waals surface area contributed by atoms with Crippen LogP contribution in [0.15, 0.2) is 18.2 Å². The van der Waals surface area contributed by atoms with Crippen LogP contribution in [0.3, 0.4) is 0 Å². The van der Waals surface area contributed by atoms with Crippen molar-refractivity contribution in [2.24, 2.45) is 0 Å². The van der Waals surface area contributed by atoms with E-state index in [-0.39, 0.29) is 11.9 Å². The van der Waals surface area contributed by atoms with Gasteiger partial charge in [-0.3, -0.25) is 0 Å². The van der Waals surface area contributed by atoms with Crippen molar-refractivity contribution in [3.05, 3.63) is 29.6 Å². The number of rotatable bonds is 5. The molecule has 1 N–H and O–H groups in total. The second kappa shape index (κ2) is 6.35. The van der Waals surface area contributed by atoms with Gasteiger partial charge in [0.25, 0.3) is 0 Å². The third-order valence-corrected chi connectivity index (χ3v) is 2.72. The van der Waals surface area contributed by atoms with E-state index in [1.165, 1.54) is 13.2 Å². The van der Waals surface area contributed by atoms with Gasteiger partial charge in [-0.1, -0.05) is 6.07 Å². The fraction of sp³-hybridized carbons (Fsp3) is 0.462. The summed E-state index contributed by atoms with van der Waals surface area (Å²) in [7, 11) is 3.04. The Bertz CT molecular complexity index is 423. The molecule has 100 valence electrons. The van der Waals surface area contributed by atoms with Crippen LogP contribution in [-0.2, 0) is 9.53 Å². The molecule has 0 saturated heterocycles. The molecule has 0 radical (unpaired) electrons. The molecule has 0 aliphatic carbocycles. The predicted octanol–water partition coefficient (Wildman–Crippen LogP) is 2.05. The van der Waals surface area contributed by atoms with Crippen molar-refractivity contribution >= 4 is 5.97 Å². The Morgan fingerprint density at radius 1 is 1.39 bits per heavy atom. The molecule has 0 heterocycles. The van der Waals surface area contributed by atoms with Crippen molar-refractivity contribution in [1.29, 1.82) is 0 Å². The molecule has 0 bridgehead atoms. The normalized spacial score (nSPS) is 13.8. The van der Waals surface area contributed by atoms with E-state index >= 15 is 0 Å². The molecule has 4 nitrogen and oxygen atoms in total. The van der Waals surface area contributed by atoms with Crippen LogP contribution >= 0.6 is 0 Å². The van der Waals surface area contributed by atoms with E-state index < -0.39 is 12.1 Å². The van der Waals surface area contributed by atoms with Crippen LogP contribution in [-0.4, -0.2) is 26.2 Å². The molecule has 0 aliphatic heterocycles. The van der Waals surface area contributed by atoms with Gasteiger partial charge >= 0.3 is 5.97 Å². The fourth-order valence-electron chi connectivity index (χ4n) is 1.51. The van der Waals surface area contributed by atoms with Crippen molar-refractivity contribution in [3.63, 3.8) is 0 Å². The molecular formula is C13H18FNO3. The molecule has 0 saturated carbocycles. The van der Waals surface area contributed by atoms with Crippen molar-refractivity contribution in [2.45, 2.75) is 26.0 Å². The van der Waals surface area contributed by atoms with Crippen LogP contribution in [0.25, 0.3) is 0 Å². The third-order valence-electron chi connectivity index (χ3n) is 2.72. The number of halogens is 1. The molecule has 2 unspecified atom stereocenters. The minimum absolute atomic E-state index is 0.0860. The Balaban J connectivity index is 2.81. The summed E-state index contributed by atoms with van der Waals surface area (Å²) in [5.41, 5.74) is 0.551. The maximum absolute atomic E-state index is 13.8. The van der Waals surface area contributed by atoms with Crippen molar-refractivity contribution < 1.29 is 18.7 Å². The van der Waals surface area contributed by atoms with Crippen LogP contribution in [0, 0.1) is 5.82 Å². The van der Waals surface area contributed by atoms with E-state index in [0.717, 1.165) is 0 Å². The molecule has 2 atom stereocenters. The number of hydrogen-bond donors (Lipinski definition) is 1. The highest BCUT2D eigenvalue weighted by Crippen LogP contribution is 2.22. The molecule has 0 amide bonds. The van der Waals surface area contributed by atoms with E-state index in [9.17, 15) is 9.18 Å². The average molecular weight is 255 g/mol. The lowest BCUT2D eigenvalue weighted by Crippen LogP contribution is -2.25. The lowest BCUT2D eigenvalue weighted by Gasteiger charge is -2.15. The van der Waals surface area contributed by atoms with Crippen molar-refractivity contribution in [1.82, 2.24) is 5.32 Å². The Morgan fingerprint density at radius 2 is 2.06 bits per heavy atom. The summed E-state index contributed by atoms with van der Waals surface area (Å²) >= 11 is 0. The first-order valence-electron chi connectivity index (χ1n) is 5.70. The van der Waals surface area contributed by atoms with Gasteiger partial charge in [0.05, 0.1) is 7.11 Å². The zero-order chi connectivity index (χ0) is 13.7. The molecule has 0 aliphatic rings. The molecule has 1 aromatic carbocycles. The summed E-state index contributed by atoms with van der Waals surface area (Å²) in [4.78, 5) is 11.2. The van der Waals surface area contributed by atoms with Crippen molar-refractivity contribution in [2.75, 3.05) is 14.2 Å². The van der Waals surface area contributed by atoms with Gasteiger partial charge in [0.2, 0.25) is 0 Å². The molecule has 18 heavy (non-hydrogen) atoms. The first kappa shape index (κ1) is 14.4. The SMILES string of the molecule is CNC(C)c1ccc(OC(C)C(=O)OC)cc1F. The first-order chi connectivity index (χ1) is 8.49. The predicted molar refractivity (Wildman–Crippen MR) is 66.0 cm³/mol. The Kier molecular flexibility index (Phi) is 5.09. The minimum Gasteiger partial charge on any atom is -0.479 e. The zero-order valence-electron chi connectivity index (χ0n) is 11.0. The largest absolute Gasteiger partial charge is 0.479 e. The molecule has 1 aromatic rings. The number of carbonyl (C=O) groups excluding carboxylic acids is 1. The number of carbonyl (C=O) groups is 1. The smallest absolute Gasteiger partial charge is 0.346 e. The van der Waals surface area contributed by atoms with Gasteiger partial charge in [0, 0.05) is 17.7 Å².